The highest BCUT2D eigenvalue weighted by molar-refractivity contribution is 5.84. The maximum Gasteiger partial charge on any atom is 0.222 e. The Morgan fingerprint density at radius 2 is 1.68 bits per heavy atom. The van der Waals surface area contributed by atoms with Crippen molar-refractivity contribution in [3.8, 4) is 5.69 Å². The SMILES string of the molecule is O=C1CCCN1Cc1cc2c(cn1)c(=O)cc(Nc1ccccc1)n2-c1ccccc1. The van der Waals surface area contributed by atoms with E-state index in [-0.39, 0.29) is 11.3 Å². The largest absolute Gasteiger partial charge is 0.341 e. The van der Waals surface area contributed by atoms with Crippen molar-refractivity contribution in [2.45, 2.75) is 19.4 Å². The molecule has 1 aliphatic rings. The molecule has 0 bridgehead atoms. The van der Waals surface area contributed by atoms with Crippen molar-refractivity contribution in [2.75, 3.05) is 11.9 Å². The van der Waals surface area contributed by atoms with Crippen LogP contribution in [0, 0.1) is 0 Å². The van der Waals surface area contributed by atoms with Gasteiger partial charge in [0.25, 0.3) is 0 Å². The smallest absolute Gasteiger partial charge is 0.222 e. The van der Waals surface area contributed by atoms with E-state index in [0.717, 1.165) is 35.6 Å². The zero-order valence-corrected chi connectivity index (χ0v) is 17.0. The second-order valence-corrected chi connectivity index (χ2v) is 7.67. The fourth-order valence-corrected chi connectivity index (χ4v) is 4.03. The molecule has 1 fully saturated rings. The molecule has 0 spiro atoms. The number of amides is 1. The van der Waals surface area contributed by atoms with E-state index >= 15 is 0 Å². The molecule has 4 aromatic rings. The van der Waals surface area contributed by atoms with E-state index in [9.17, 15) is 9.59 Å². The van der Waals surface area contributed by atoms with Gasteiger partial charge in [0.1, 0.15) is 5.82 Å². The molecule has 154 valence electrons. The number of carbonyl (C=O) groups excluding carboxylic acids is 1. The summed E-state index contributed by atoms with van der Waals surface area (Å²) in [5.74, 6) is 0.825. The predicted molar refractivity (Wildman–Crippen MR) is 122 cm³/mol. The Kier molecular flexibility index (Phi) is 4.96. The molecular weight excluding hydrogens is 388 g/mol. The zero-order valence-electron chi connectivity index (χ0n) is 17.0. The molecule has 1 aliphatic heterocycles. The lowest BCUT2D eigenvalue weighted by molar-refractivity contribution is -0.128. The summed E-state index contributed by atoms with van der Waals surface area (Å²) in [5.41, 5.74) is 3.25. The highest BCUT2D eigenvalue weighted by atomic mass is 16.2. The number of likely N-dealkylation sites (tertiary alicyclic amines) is 1. The predicted octanol–water partition coefficient (Wildman–Crippen LogP) is 4.25. The minimum absolute atomic E-state index is 0.100. The molecule has 1 amide bonds. The number of fused-ring (bicyclic) bond motifs is 1. The topological polar surface area (TPSA) is 67.2 Å². The Balaban J connectivity index is 1.68. The lowest BCUT2D eigenvalue weighted by Gasteiger charge is -2.20. The molecule has 0 radical (unpaired) electrons. The first-order valence-corrected chi connectivity index (χ1v) is 10.4. The van der Waals surface area contributed by atoms with Crippen molar-refractivity contribution < 1.29 is 4.79 Å². The molecule has 31 heavy (non-hydrogen) atoms. The van der Waals surface area contributed by atoms with Crippen LogP contribution in [0.15, 0.2) is 83.8 Å². The van der Waals surface area contributed by atoms with Crippen molar-refractivity contribution >= 4 is 28.3 Å². The number of benzene rings is 2. The Bertz CT molecular complexity index is 1300. The van der Waals surface area contributed by atoms with Gasteiger partial charge in [-0.05, 0) is 36.8 Å². The van der Waals surface area contributed by atoms with Crippen LogP contribution in [0.1, 0.15) is 18.5 Å². The molecule has 6 nitrogen and oxygen atoms in total. The molecule has 2 aromatic carbocycles. The van der Waals surface area contributed by atoms with Crippen LogP contribution in [0.2, 0.25) is 0 Å². The summed E-state index contributed by atoms with van der Waals surface area (Å²) < 4.78 is 2.03. The Hall–Kier alpha value is -3.93. The third-order valence-electron chi connectivity index (χ3n) is 5.54. The van der Waals surface area contributed by atoms with Crippen LogP contribution >= 0.6 is 0 Å². The van der Waals surface area contributed by atoms with E-state index < -0.39 is 0 Å². The molecule has 5 rings (SSSR count). The first-order chi connectivity index (χ1) is 15.2. The monoisotopic (exact) mass is 410 g/mol. The van der Waals surface area contributed by atoms with Gasteiger partial charge >= 0.3 is 0 Å². The molecule has 1 N–H and O–H groups in total. The molecule has 0 unspecified atom stereocenters. The minimum atomic E-state index is -0.100. The van der Waals surface area contributed by atoms with Crippen molar-refractivity contribution in [1.82, 2.24) is 14.5 Å². The highest BCUT2D eigenvalue weighted by Gasteiger charge is 2.21. The van der Waals surface area contributed by atoms with Crippen molar-refractivity contribution in [1.29, 1.82) is 0 Å². The average molecular weight is 410 g/mol. The molecule has 0 aliphatic carbocycles. The second kappa shape index (κ2) is 8.07. The van der Waals surface area contributed by atoms with Crippen LogP contribution in [0.5, 0.6) is 0 Å². The molecular formula is C25H22N4O2. The van der Waals surface area contributed by atoms with E-state index in [1.54, 1.807) is 12.3 Å². The van der Waals surface area contributed by atoms with Crippen LogP contribution in [0.3, 0.4) is 0 Å². The van der Waals surface area contributed by atoms with E-state index in [0.29, 0.717) is 24.2 Å². The number of carbonyl (C=O) groups is 1. The van der Waals surface area contributed by atoms with Crippen molar-refractivity contribution in [3.05, 3.63) is 94.9 Å². The number of nitrogens with zero attached hydrogens (tertiary/aromatic N) is 3. The summed E-state index contributed by atoms with van der Waals surface area (Å²) in [7, 11) is 0. The minimum Gasteiger partial charge on any atom is -0.341 e. The average Bonchev–Trinajstić information content (AvgIpc) is 3.19. The molecule has 3 heterocycles. The molecule has 0 atom stereocenters. The second-order valence-electron chi connectivity index (χ2n) is 7.67. The van der Waals surface area contributed by atoms with Crippen LogP contribution in [0.4, 0.5) is 11.5 Å². The summed E-state index contributed by atoms with van der Waals surface area (Å²) >= 11 is 0. The number of nitrogens with one attached hydrogen (secondary N) is 1. The van der Waals surface area contributed by atoms with Gasteiger partial charge in [0.2, 0.25) is 5.91 Å². The maximum absolute atomic E-state index is 12.9. The van der Waals surface area contributed by atoms with Crippen LogP contribution in [0.25, 0.3) is 16.6 Å². The fraction of sp³-hybridized carbons (Fsp3) is 0.160. The molecule has 6 heteroatoms. The van der Waals surface area contributed by atoms with Gasteiger partial charge < -0.3 is 10.2 Å². The van der Waals surface area contributed by atoms with Gasteiger partial charge in [-0.3, -0.25) is 19.1 Å². The van der Waals surface area contributed by atoms with Gasteiger partial charge in [-0.1, -0.05) is 36.4 Å². The Morgan fingerprint density at radius 3 is 2.39 bits per heavy atom. The maximum atomic E-state index is 12.9. The van der Waals surface area contributed by atoms with Gasteiger partial charge in [0, 0.05) is 36.6 Å². The number of pyridine rings is 2. The van der Waals surface area contributed by atoms with Gasteiger partial charge in [-0.25, -0.2) is 0 Å². The molecule has 2 aromatic heterocycles. The van der Waals surface area contributed by atoms with E-state index in [2.05, 4.69) is 10.3 Å². The summed E-state index contributed by atoms with van der Waals surface area (Å²) in [6.45, 7) is 1.20. The lowest BCUT2D eigenvalue weighted by Crippen LogP contribution is -2.24. The lowest BCUT2D eigenvalue weighted by atomic mass is 10.2. The van der Waals surface area contributed by atoms with E-state index in [1.165, 1.54) is 0 Å². The Labute approximate surface area is 179 Å². The van der Waals surface area contributed by atoms with Crippen molar-refractivity contribution in [3.63, 3.8) is 0 Å². The van der Waals surface area contributed by atoms with Gasteiger partial charge in [-0.2, -0.15) is 0 Å². The molecule has 1 saturated heterocycles. The first kappa shape index (κ1) is 19.1. The summed E-state index contributed by atoms with van der Waals surface area (Å²) in [6, 6.07) is 23.2. The van der Waals surface area contributed by atoms with Crippen LogP contribution in [-0.4, -0.2) is 26.9 Å². The van der Waals surface area contributed by atoms with E-state index in [1.807, 2.05) is 76.2 Å². The Morgan fingerprint density at radius 1 is 0.935 bits per heavy atom. The third kappa shape index (κ3) is 3.80. The summed E-state index contributed by atoms with van der Waals surface area (Å²) in [4.78, 5) is 31.3. The van der Waals surface area contributed by atoms with Crippen LogP contribution in [-0.2, 0) is 11.3 Å². The summed E-state index contributed by atoms with van der Waals surface area (Å²) in [6.07, 6.45) is 3.10. The van der Waals surface area contributed by atoms with Gasteiger partial charge in [0.15, 0.2) is 5.43 Å². The quantitative estimate of drug-likeness (QED) is 0.534. The standard InChI is InChI=1S/C25H22N4O2/c30-23-15-24(27-18-8-3-1-4-9-18)29(20-10-5-2-6-11-20)22-14-19(26-16-21(22)23)17-28-13-7-12-25(28)31/h1-6,8-11,14-16,27H,7,12-13,17H2. The fourth-order valence-electron chi connectivity index (χ4n) is 4.03. The van der Waals surface area contributed by atoms with Gasteiger partial charge in [-0.15, -0.1) is 0 Å². The number of rotatable bonds is 5. The zero-order chi connectivity index (χ0) is 21.2. The summed E-state index contributed by atoms with van der Waals surface area (Å²) in [5, 5.41) is 3.92. The number of para-hydroxylation sites is 2. The number of anilines is 2. The molecule has 0 saturated carbocycles. The normalized spacial score (nSPS) is 13.7. The van der Waals surface area contributed by atoms with E-state index in [4.69, 9.17) is 0 Å². The number of hydrogen-bond acceptors (Lipinski definition) is 4. The number of aromatic nitrogens is 2. The van der Waals surface area contributed by atoms with Crippen LogP contribution < -0.4 is 10.7 Å². The third-order valence-corrected chi connectivity index (χ3v) is 5.54. The highest BCUT2D eigenvalue weighted by Crippen LogP contribution is 2.26. The number of hydrogen-bond donors (Lipinski definition) is 1. The van der Waals surface area contributed by atoms with Gasteiger partial charge in [0.05, 0.1) is 23.1 Å². The van der Waals surface area contributed by atoms with Crippen molar-refractivity contribution in [2.24, 2.45) is 0 Å². The first-order valence-electron chi connectivity index (χ1n) is 10.4.